The van der Waals surface area contributed by atoms with E-state index in [1.165, 1.54) is 0 Å². The number of hydrogen-bond donors (Lipinski definition) is 2. The van der Waals surface area contributed by atoms with Crippen LogP contribution in [-0.2, 0) is 9.53 Å². The van der Waals surface area contributed by atoms with Crippen LogP contribution in [0.3, 0.4) is 0 Å². The van der Waals surface area contributed by atoms with Crippen LogP contribution in [0.15, 0.2) is 0 Å². The average molecular weight is 298 g/mol. The van der Waals surface area contributed by atoms with Gasteiger partial charge in [-0.15, -0.1) is 0 Å². The molecule has 2 aliphatic heterocycles. The van der Waals surface area contributed by atoms with Crippen molar-refractivity contribution < 1.29 is 19.4 Å². The molecule has 0 radical (unpaired) electrons. The highest BCUT2D eigenvalue weighted by Crippen LogP contribution is 2.35. The van der Waals surface area contributed by atoms with Gasteiger partial charge < -0.3 is 20.1 Å². The normalized spacial score (nSPS) is 24.4. The predicted octanol–water partition coefficient (Wildman–Crippen LogP) is 1.84. The maximum absolute atomic E-state index is 12.4. The van der Waals surface area contributed by atoms with Crippen LogP contribution >= 0.6 is 0 Å². The van der Waals surface area contributed by atoms with Crippen molar-refractivity contribution in [2.24, 2.45) is 5.41 Å². The zero-order chi connectivity index (χ0) is 15.5. The molecule has 2 fully saturated rings. The highest BCUT2D eigenvalue weighted by Gasteiger charge is 2.41. The predicted molar refractivity (Wildman–Crippen MR) is 78.2 cm³/mol. The van der Waals surface area contributed by atoms with Gasteiger partial charge in [-0.1, -0.05) is 6.92 Å². The van der Waals surface area contributed by atoms with E-state index in [9.17, 15) is 14.7 Å². The summed E-state index contributed by atoms with van der Waals surface area (Å²) in [6, 6.07) is -0.0745. The Morgan fingerprint density at radius 1 is 1.19 bits per heavy atom. The Labute approximate surface area is 125 Å². The molecule has 0 bridgehead atoms. The first-order valence-corrected chi connectivity index (χ1v) is 7.79. The molecule has 2 rings (SSSR count). The van der Waals surface area contributed by atoms with E-state index in [-0.39, 0.29) is 11.6 Å². The molecule has 0 saturated carbocycles. The average Bonchev–Trinajstić information content (AvgIpc) is 2.47. The summed E-state index contributed by atoms with van der Waals surface area (Å²) >= 11 is 0. The second-order valence-corrected chi connectivity index (χ2v) is 6.53. The number of carbonyl (C=O) groups is 2. The molecule has 0 aromatic heterocycles. The molecule has 0 atom stereocenters. The molecular formula is C15H26N2O4. The van der Waals surface area contributed by atoms with Crippen molar-refractivity contribution in [3.63, 3.8) is 0 Å². The zero-order valence-electron chi connectivity index (χ0n) is 13.0. The summed E-state index contributed by atoms with van der Waals surface area (Å²) in [5.74, 6) is -0.735. The first kappa shape index (κ1) is 16.1. The first-order valence-electron chi connectivity index (χ1n) is 7.79. The van der Waals surface area contributed by atoms with Crippen molar-refractivity contribution in [3.05, 3.63) is 0 Å². The van der Waals surface area contributed by atoms with Crippen molar-refractivity contribution in [3.8, 4) is 0 Å². The first-order chi connectivity index (χ1) is 9.91. The molecule has 120 valence electrons. The van der Waals surface area contributed by atoms with E-state index in [2.05, 4.69) is 5.32 Å². The van der Waals surface area contributed by atoms with Gasteiger partial charge in [0, 0.05) is 31.8 Å². The lowest BCUT2D eigenvalue weighted by molar-refractivity contribution is -0.152. The second-order valence-electron chi connectivity index (χ2n) is 6.53. The van der Waals surface area contributed by atoms with E-state index in [1.807, 2.05) is 13.8 Å². The molecule has 2 amide bonds. The Kier molecular flexibility index (Phi) is 4.76. The molecule has 0 aromatic carbocycles. The lowest BCUT2D eigenvalue weighted by Gasteiger charge is -2.41. The van der Waals surface area contributed by atoms with Gasteiger partial charge >= 0.3 is 12.0 Å². The van der Waals surface area contributed by atoms with E-state index >= 15 is 0 Å². The Morgan fingerprint density at radius 2 is 1.76 bits per heavy atom. The minimum Gasteiger partial charge on any atom is -0.481 e. The number of ether oxygens (including phenoxy) is 1. The number of likely N-dealkylation sites (tertiary alicyclic amines) is 1. The number of carboxylic acids is 1. The number of hydrogen-bond acceptors (Lipinski definition) is 3. The third kappa shape index (κ3) is 3.48. The molecule has 0 spiro atoms. The SMILES string of the molecule is CCC1(C(=O)O)CCN(C(=O)NC2(C)CCOCC2)CC1. The van der Waals surface area contributed by atoms with Crippen molar-refractivity contribution in [2.45, 2.75) is 51.5 Å². The Balaban J connectivity index is 1.89. The van der Waals surface area contributed by atoms with Gasteiger partial charge in [-0.25, -0.2) is 4.79 Å². The van der Waals surface area contributed by atoms with E-state index in [0.29, 0.717) is 45.6 Å². The fraction of sp³-hybridized carbons (Fsp3) is 0.867. The number of urea groups is 1. The van der Waals surface area contributed by atoms with E-state index in [1.54, 1.807) is 4.90 Å². The van der Waals surface area contributed by atoms with Gasteiger partial charge in [-0.3, -0.25) is 4.79 Å². The minimum absolute atomic E-state index is 0.0745. The molecule has 2 saturated heterocycles. The lowest BCUT2D eigenvalue weighted by atomic mass is 9.76. The minimum atomic E-state index is -0.735. The van der Waals surface area contributed by atoms with Crippen LogP contribution < -0.4 is 5.32 Å². The standard InChI is InChI=1S/C15H26N2O4/c1-3-15(12(18)19)4-8-17(9-5-15)13(20)16-14(2)6-10-21-11-7-14/h3-11H2,1-2H3,(H,16,20)(H,18,19). The highest BCUT2D eigenvalue weighted by molar-refractivity contribution is 5.77. The van der Waals surface area contributed by atoms with E-state index < -0.39 is 11.4 Å². The highest BCUT2D eigenvalue weighted by atomic mass is 16.5. The third-order valence-corrected chi connectivity index (χ3v) is 5.14. The maximum atomic E-state index is 12.4. The number of nitrogens with zero attached hydrogens (tertiary/aromatic N) is 1. The largest absolute Gasteiger partial charge is 0.481 e. The number of aliphatic carboxylic acids is 1. The molecule has 2 aliphatic rings. The van der Waals surface area contributed by atoms with E-state index in [0.717, 1.165) is 12.8 Å². The molecule has 0 unspecified atom stereocenters. The van der Waals surface area contributed by atoms with Crippen LogP contribution in [0.2, 0.25) is 0 Å². The number of amides is 2. The van der Waals surface area contributed by atoms with Crippen LogP contribution in [-0.4, -0.2) is 53.8 Å². The van der Waals surface area contributed by atoms with Gasteiger partial charge in [0.1, 0.15) is 0 Å². The molecule has 6 nitrogen and oxygen atoms in total. The Hall–Kier alpha value is -1.30. The number of carbonyl (C=O) groups excluding carboxylic acids is 1. The molecule has 0 aromatic rings. The van der Waals surface area contributed by atoms with Crippen molar-refractivity contribution in [1.82, 2.24) is 10.2 Å². The van der Waals surface area contributed by atoms with Gasteiger partial charge in [0.05, 0.1) is 5.41 Å². The number of carboxylic acid groups (broad SMARTS) is 1. The fourth-order valence-electron chi connectivity index (χ4n) is 3.14. The van der Waals surface area contributed by atoms with Crippen LogP contribution in [0.25, 0.3) is 0 Å². The van der Waals surface area contributed by atoms with Gasteiger partial charge in [-0.2, -0.15) is 0 Å². The lowest BCUT2D eigenvalue weighted by Crippen LogP contribution is -2.56. The Bertz CT molecular complexity index is 396. The smallest absolute Gasteiger partial charge is 0.317 e. The second kappa shape index (κ2) is 6.22. The quantitative estimate of drug-likeness (QED) is 0.833. The molecule has 2 N–H and O–H groups in total. The number of piperidine rings is 1. The molecule has 2 heterocycles. The molecule has 21 heavy (non-hydrogen) atoms. The summed E-state index contributed by atoms with van der Waals surface area (Å²) in [6.07, 6.45) is 3.33. The van der Waals surface area contributed by atoms with Gasteiger partial charge in [-0.05, 0) is 39.0 Å². The summed E-state index contributed by atoms with van der Waals surface area (Å²) in [6.45, 7) is 6.33. The van der Waals surface area contributed by atoms with Crippen LogP contribution in [0, 0.1) is 5.41 Å². The summed E-state index contributed by atoms with van der Waals surface area (Å²) in [7, 11) is 0. The Morgan fingerprint density at radius 3 is 2.24 bits per heavy atom. The summed E-state index contributed by atoms with van der Waals surface area (Å²) in [5, 5.41) is 12.5. The van der Waals surface area contributed by atoms with Crippen molar-refractivity contribution >= 4 is 12.0 Å². The topological polar surface area (TPSA) is 78.9 Å². The fourth-order valence-corrected chi connectivity index (χ4v) is 3.14. The molecule has 0 aliphatic carbocycles. The molecule has 6 heteroatoms. The zero-order valence-corrected chi connectivity index (χ0v) is 13.0. The monoisotopic (exact) mass is 298 g/mol. The van der Waals surface area contributed by atoms with Crippen LogP contribution in [0.1, 0.15) is 46.0 Å². The maximum Gasteiger partial charge on any atom is 0.317 e. The van der Waals surface area contributed by atoms with Gasteiger partial charge in [0.2, 0.25) is 0 Å². The van der Waals surface area contributed by atoms with Crippen LogP contribution in [0.4, 0.5) is 4.79 Å². The summed E-state index contributed by atoms with van der Waals surface area (Å²) < 4.78 is 5.33. The summed E-state index contributed by atoms with van der Waals surface area (Å²) in [5.41, 5.74) is -0.860. The number of nitrogens with one attached hydrogen (secondary N) is 1. The number of rotatable bonds is 3. The van der Waals surface area contributed by atoms with Crippen LogP contribution in [0.5, 0.6) is 0 Å². The van der Waals surface area contributed by atoms with E-state index in [4.69, 9.17) is 4.74 Å². The summed E-state index contributed by atoms with van der Waals surface area (Å²) in [4.78, 5) is 25.5. The van der Waals surface area contributed by atoms with Crippen molar-refractivity contribution in [1.29, 1.82) is 0 Å². The van der Waals surface area contributed by atoms with Crippen molar-refractivity contribution in [2.75, 3.05) is 26.3 Å². The molecular weight excluding hydrogens is 272 g/mol. The third-order valence-electron chi connectivity index (χ3n) is 5.14. The van der Waals surface area contributed by atoms with Gasteiger partial charge in [0.25, 0.3) is 0 Å². The van der Waals surface area contributed by atoms with Gasteiger partial charge in [0.15, 0.2) is 0 Å².